The predicted molar refractivity (Wildman–Crippen MR) is 51.1 cm³/mol. The van der Waals surface area contributed by atoms with Crippen molar-refractivity contribution in [3.05, 3.63) is 35.6 Å². The van der Waals surface area contributed by atoms with E-state index in [0.717, 1.165) is 0 Å². The van der Waals surface area contributed by atoms with E-state index < -0.39 is 12.3 Å². The molecule has 0 bridgehead atoms. The molecule has 1 aromatic carbocycles. The number of benzene rings is 1. The Morgan fingerprint density at radius 3 is 2.29 bits per heavy atom. The fraction of sp³-hybridized carbons (Fsp3) is 0.400. The zero-order valence-electron chi connectivity index (χ0n) is 8.24. The summed E-state index contributed by atoms with van der Waals surface area (Å²) in [5.74, 6) is -0.348. The summed E-state index contributed by atoms with van der Waals surface area (Å²) < 4.78 is 23.2. The maximum absolute atomic E-state index is 13.3. The van der Waals surface area contributed by atoms with Gasteiger partial charge in [0.1, 0.15) is 5.82 Å². The van der Waals surface area contributed by atoms with Crippen LogP contribution in [0.3, 0.4) is 0 Å². The molecule has 0 aliphatic heterocycles. The summed E-state index contributed by atoms with van der Waals surface area (Å²) in [4.78, 5) is 0. The Kier molecular flexibility index (Phi) is 4.00. The molecule has 0 spiro atoms. The van der Waals surface area contributed by atoms with E-state index in [4.69, 9.17) is 15.2 Å². The fourth-order valence-electron chi connectivity index (χ4n) is 1.28. The summed E-state index contributed by atoms with van der Waals surface area (Å²) in [7, 11) is 2.93. The normalized spacial score (nSPS) is 13.2. The number of rotatable bonds is 4. The van der Waals surface area contributed by atoms with Gasteiger partial charge in [-0.05, 0) is 6.07 Å². The molecule has 1 rings (SSSR count). The quantitative estimate of drug-likeness (QED) is 0.746. The van der Waals surface area contributed by atoms with Gasteiger partial charge in [0.25, 0.3) is 0 Å². The maximum Gasteiger partial charge on any atom is 0.176 e. The lowest BCUT2D eigenvalue weighted by molar-refractivity contribution is -0.117. The van der Waals surface area contributed by atoms with E-state index in [9.17, 15) is 4.39 Å². The van der Waals surface area contributed by atoms with Crippen LogP contribution in [0.15, 0.2) is 24.3 Å². The lowest BCUT2D eigenvalue weighted by Gasteiger charge is -2.21. The molecule has 0 aliphatic carbocycles. The van der Waals surface area contributed by atoms with Gasteiger partial charge in [0.05, 0.1) is 6.04 Å². The molecule has 0 saturated carbocycles. The Hall–Kier alpha value is -0.970. The van der Waals surface area contributed by atoms with Crippen molar-refractivity contribution in [2.45, 2.75) is 12.3 Å². The highest BCUT2D eigenvalue weighted by Gasteiger charge is 2.20. The lowest BCUT2D eigenvalue weighted by Crippen LogP contribution is -2.30. The summed E-state index contributed by atoms with van der Waals surface area (Å²) >= 11 is 0. The molecule has 2 N–H and O–H groups in total. The Morgan fingerprint density at radius 1 is 1.21 bits per heavy atom. The monoisotopic (exact) mass is 199 g/mol. The number of methoxy groups -OCH3 is 2. The molecule has 0 aliphatic rings. The van der Waals surface area contributed by atoms with Crippen LogP contribution in [0.4, 0.5) is 4.39 Å². The first kappa shape index (κ1) is 11.1. The molecule has 3 nitrogen and oxygen atoms in total. The summed E-state index contributed by atoms with van der Waals surface area (Å²) in [5, 5.41) is 0. The third-order valence-electron chi connectivity index (χ3n) is 2.02. The van der Waals surface area contributed by atoms with Gasteiger partial charge in [-0.25, -0.2) is 4.39 Å². The zero-order chi connectivity index (χ0) is 10.6. The standard InChI is InChI=1S/C10H14FNO2/c1-13-10(14-2)9(12)7-5-3-4-6-8(7)11/h3-6,9-10H,12H2,1-2H3. The highest BCUT2D eigenvalue weighted by molar-refractivity contribution is 5.21. The molecule has 14 heavy (non-hydrogen) atoms. The van der Waals surface area contributed by atoms with Crippen molar-refractivity contribution >= 4 is 0 Å². The van der Waals surface area contributed by atoms with E-state index in [1.54, 1.807) is 18.2 Å². The van der Waals surface area contributed by atoms with Crippen molar-refractivity contribution < 1.29 is 13.9 Å². The number of hydrogen-bond acceptors (Lipinski definition) is 3. The molecule has 0 heterocycles. The zero-order valence-corrected chi connectivity index (χ0v) is 8.24. The molecule has 0 radical (unpaired) electrons. The minimum absolute atomic E-state index is 0.348. The van der Waals surface area contributed by atoms with Gasteiger partial charge in [0, 0.05) is 19.8 Å². The van der Waals surface area contributed by atoms with Gasteiger partial charge in [0.2, 0.25) is 0 Å². The average molecular weight is 199 g/mol. The molecule has 0 fully saturated rings. The SMILES string of the molecule is COC(OC)C(N)c1ccccc1F. The first-order chi connectivity index (χ1) is 6.70. The first-order valence-electron chi connectivity index (χ1n) is 4.26. The predicted octanol–water partition coefficient (Wildman–Crippen LogP) is 1.44. The van der Waals surface area contributed by atoms with E-state index in [1.807, 2.05) is 0 Å². The van der Waals surface area contributed by atoms with Crippen LogP contribution in [0.25, 0.3) is 0 Å². The Labute approximate surface area is 82.6 Å². The Morgan fingerprint density at radius 2 is 1.79 bits per heavy atom. The molecular weight excluding hydrogens is 185 g/mol. The summed E-state index contributed by atoms with van der Waals surface area (Å²) in [6, 6.07) is 5.69. The molecule has 0 amide bonds. The van der Waals surface area contributed by atoms with Crippen LogP contribution in [0.1, 0.15) is 11.6 Å². The topological polar surface area (TPSA) is 44.5 Å². The van der Waals surface area contributed by atoms with E-state index in [-0.39, 0.29) is 5.82 Å². The van der Waals surface area contributed by atoms with E-state index >= 15 is 0 Å². The van der Waals surface area contributed by atoms with Gasteiger partial charge < -0.3 is 15.2 Å². The number of hydrogen-bond donors (Lipinski definition) is 1. The van der Waals surface area contributed by atoms with Gasteiger partial charge >= 0.3 is 0 Å². The highest BCUT2D eigenvalue weighted by Crippen LogP contribution is 2.19. The van der Waals surface area contributed by atoms with E-state index in [2.05, 4.69) is 0 Å². The van der Waals surface area contributed by atoms with Gasteiger partial charge in [-0.3, -0.25) is 0 Å². The largest absolute Gasteiger partial charge is 0.354 e. The lowest BCUT2D eigenvalue weighted by atomic mass is 10.1. The van der Waals surface area contributed by atoms with Crippen LogP contribution < -0.4 is 5.73 Å². The average Bonchev–Trinajstić information content (AvgIpc) is 2.20. The van der Waals surface area contributed by atoms with Gasteiger partial charge in [0.15, 0.2) is 6.29 Å². The van der Waals surface area contributed by atoms with Crippen molar-refractivity contribution in [2.24, 2.45) is 5.73 Å². The molecule has 0 saturated heterocycles. The van der Waals surface area contributed by atoms with Crippen molar-refractivity contribution in [1.29, 1.82) is 0 Å². The maximum atomic E-state index is 13.3. The second-order valence-electron chi connectivity index (χ2n) is 2.89. The molecule has 78 valence electrons. The van der Waals surface area contributed by atoms with Crippen LogP contribution in [0.2, 0.25) is 0 Å². The number of ether oxygens (including phenoxy) is 2. The van der Waals surface area contributed by atoms with Crippen molar-refractivity contribution in [1.82, 2.24) is 0 Å². The second-order valence-corrected chi connectivity index (χ2v) is 2.89. The van der Waals surface area contributed by atoms with Gasteiger partial charge in [-0.2, -0.15) is 0 Å². The molecular formula is C10H14FNO2. The first-order valence-corrected chi connectivity index (χ1v) is 4.26. The third-order valence-corrected chi connectivity index (χ3v) is 2.02. The summed E-state index contributed by atoms with van der Waals surface area (Å²) in [5.41, 5.74) is 6.16. The number of halogens is 1. The van der Waals surface area contributed by atoms with Crippen LogP contribution in [-0.2, 0) is 9.47 Å². The molecule has 0 aromatic heterocycles. The van der Waals surface area contributed by atoms with Crippen LogP contribution >= 0.6 is 0 Å². The highest BCUT2D eigenvalue weighted by atomic mass is 19.1. The smallest absolute Gasteiger partial charge is 0.176 e. The number of nitrogens with two attached hydrogens (primary N) is 1. The summed E-state index contributed by atoms with van der Waals surface area (Å²) in [6.45, 7) is 0. The van der Waals surface area contributed by atoms with Crippen molar-refractivity contribution in [3.8, 4) is 0 Å². The molecule has 4 heteroatoms. The van der Waals surface area contributed by atoms with E-state index in [1.165, 1.54) is 20.3 Å². The third kappa shape index (κ3) is 2.29. The van der Waals surface area contributed by atoms with Gasteiger partial charge in [-0.15, -0.1) is 0 Å². The molecule has 1 unspecified atom stereocenters. The molecule has 1 aromatic rings. The van der Waals surface area contributed by atoms with Crippen molar-refractivity contribution in [2.75, 3.05) is 14.2 Å². The van der Waals surface area contributed by atoms with Gasteiger partial charge in [-0.1, -0.05) is 18.2 Å². The Balaban J connectivity index is 2.88. The fourth-order valence-corrected chi connectivity index (χ4v) is 1.28. The van der Waals surface area contributed by atoms with Crippen molar-refractivity contribution in [3.63, 3.8) is 0 Å². The van der Waals surface area contributed by atoms with Crippen LogP contribution in [0, 0.1) is 5.82 Å². The minimum atomic E-state index is -0.633. The van der Waals surface area contributed by atoms with Crippen LogP contribution in [0.5, 0.6) is 0 Å². The van der Waals surface area contributed by atoms with Crippen LogP contribution in [-0.4, -0.2) is 20.5 Å². The molecule has 1 atom stereocenters. The second kappa shape index (κ2) is 5.05. The minimum Gasteiger partial charge on any atom is -0.354 e. The summed E-state index contributed by atoms with van der Waals surface area (Å²) in [6.07, 6.45) is -0.633. The van der Waals surface area contributed by atoms with E-state index in [0.29, 0.717) is 5.56 Å². The Bertz CT molecular complexity index is 289.